The Hall–Kier alpha value is -3.21. The van der Waals surface area contributed by atoms with Gasteiger partial charge in [-0.1, -0.05) is 24.3 Å². The monoisotopic (exact) mass is 375 g/mol. The fraction of sp³-hybridized carbons (Fsp3) is 0.261. The highest BCUT2D eigenvalue weighted by molar-refractivity contribution is 5.94. The van der Waals surface area contributed by atoms with E-state index in [2.05, 4.69) is 10.4 Å². The predicted molar refractivity (Wildman–Crippen MR) is 113 cm³/mol. The van der Waals surface area contributed by atoms with Gasteiger partial charge in [0.2, 0.25) is 5.91 Å². The lowest BCUT2D eigenvalue weighted by Gasteiger charge is -2.17. The first kappa shape index (κ1) is 19.5. The molecule has 5 nitrogen and oxygen atoms in total. The van der Waals surface area contributed by atoms with Gasteiger partial charge in [0.1, 0.15) is 6.04 Å². The second-order valence-corrected chi connectivity index (χ2v) is 7.21. The third-order valence-electron chi connectivity index (χ3n) is 5.24. The Balaban J connectivity index is 1.91. The minimum absolute atomic E-state index is 0.277. The standard InChI is InChI=1S/C23H25N3O2/c1-14-9-10-19(13-16(14)3)21-11-12-22(27)26(25-21)18(5)23(28)24-20-8-6-7-15(2)17(20)4/h6-13,18H,1-5H3,(H,24,28). The number of amides is 1. The fourth-order valence-electron chi connectivity index (χ4n) is 2.99. The SMILES string of the molecule is Cc1ccc(-c2ccc(=O)n(C(C)C(=O)Nc3cccc(C)c3C)n2)cc1C. The summed E-state index contributed by atoms with van der Waals surface area (Å²) in [4.78, 5) is 25.1. The van der Waals surface area contributed by atoms with Crippen molar-refractivity contribution in [2.24, 2.45) is 0 Å². The second-order valence-electron chi connectivity index (χ2n) is 7.21. The number of carbonyl (C=O) groups excluding carboxylic acids is 1. The van der Waals surface area contributed by atoms with Crippen molar-refractivity contribution >= 4 is 11.6 Å². The van der Waals surface area contributed by atoms with Crippen LogP contribution in [0.1, 0.15) is 35.2 Å². The molecule has 0 radical (unpaired) electrons. The topological polar surface area (TPSA) is 64.0 Å². The summed E-state index contributed by atoms with van der Waals surface area (Å²) in [7, 11) is 0. The van der Waals surface area contributed by atoms with Gasteiger partial charge < -0.3 is 5.32 Å². The fourth-order valence-corrected chi connectivity index (χ4v) is 2.99. The van der Waals surface area contributed by atoms with Gasteiger partial charge in [-0.25, -0.2) is 4.68 Å². The van der Waals surface area contributed by atoms with Gasteiger partial charge in [-0.2, -0.15) is 5.10 Å². The molecule has 1 heterocycles. The normalized spacial score (nSPS) is 11.9. The second kappa shape index (κ2) is 7.80. The molecule has 5 heteroatoms. The van der Waals surface area contributed by atoms with Gasteiger partial charge in [0, 0.05) is 17.3 Å². The Morgan fingerprint density at radius 3 is 2.43 bits per heavy atom. The molecule has 1 aromatic heterocycles. The van der Waals surface area contributed by atoms with Crippen LogP contribution in [0.15, 0.2) is 53.3 Å². The number of aryl methyl sites for hydroxylation is 3. The Morgan fingerprint density at radius 1 is 0.964 bits per heavy atom. The van der Waals surface area contributed by atoms with Crippen LogP contribution in [-0.2, 0) is 4.79 Å². The molecule has 1 amide bonds. The molecule has 0 aliphatic rings. The van der Waals surface area contributed by atoms with Gasteiger partial charge in [-0.3, -0.25) is 9.59 Å². The Bertz CT molecular complexity index is 1100. The van der Waals surface area contributed by atoms with Crippen molar-refractivity contribution in [3.8, 4) is 11.3 Å². The summed E-state index contributed by atoms with van der Waals surface area (Å²) < 4.78 is 1.24. The summed E-state index contributed by atoms with van der Waals surface area (Å²) in [5.74, 6) is -0.277. The minimum Gasteiger partial charge on any atom is -0.324 e. The molecule has 0 spiro atoms. The van der Waals surface area contributed by atoms with Crippen molar-refractivity contribution in [2.75, 3.05) is 5.32 Å². The van der Waals surface area contributed by atoms with Crippen molar-refractivity contribution in [3.63, 3.8) is 0 Å². The largest absolute Gasteiger partial charge is 0.324 e. The quantitative estimate of drug-likeness (QED) is 0.738. The van der Waals surface area contributed by atoms with Crippen LogP contribution in [-0.4, -0.2) is 15.7 Å². The summed E-state index contributed by atoms with van der Waals surface area (Å²) in [6, 6.07) is 14.2. The number of aromatic nitrogens is 2. The molecule has 0 saturated carbocycles. The maximum atomic E-state index is 12.8. The first-order valence-corrected chi connectivity index (χ1v) is 9.32. The molecule has 1 N–H and O–H groups in total. The molecule has 0 aliphatic heterocycles. The van der Waals surface area contributed by atoms with Gasteiger partial charge in [-0.05, 0) is 75.1 Å². The van der Waals surface area contributed by atoms with E-state index in [9.17, 15) is 9.59 Å². The Morgan fingerprint density at radius 2 is 1.71 bits per heavy atom. The third-order valence-corrected chi connectivity index (χ3v) is 5.24. The summed E-state index contributed by atoms with van der Waals surface area (Å²) in [6.07, 6.45) is 0. The van der Waals surface area contributed by atoms with Crippen LogP contribution >= 0.6 is 0 Å². The first-order chi connectivity index (χ1) is 13.3. The smallest absolute Gasteiger partial charge is 0.267 e. The number of rotatable bonds is 4. The number of carbonyl (C=O) groups is 1. The van der Waals surface area contributed by atoms with E-state index in [0.29, 0.717) is 5.69 Å². The zero-order valence-corrected chi connectivity index (χ0v) is 16.9. The first-order valence-electron chi connectivity index (χ1n) is 9.32. The van der Waals surface area contributed by atoms with Crippen LogP contribution in [0.2, 0.25) is 0 Å². The molecule has 1 atom stereocenters. The molecule has 2 aromatic carbocycles. The average molecular weight is 375 g/mol. The molecule has 0 saturated heterocycles. The van der Waals surface area contributed by atoms with Crippen LogP contribution in [0.25, 0.3) is 11.3 Å². The molecule has 3 aromatic rings. The van der Waals surface area contributed by atoms with E-state index in [4.69, 9.17) is 0 Å². The highest BCUT2D eigenvalue weighted by Crippen LogP contribution is 2.21. The highest BCUT2D eigenvalue weighted by atomic mass is 16.2. The van der Waals surface area contributed by atoms with Gasteiger partial charge in [0.05, 0.1) is 5.69 Å². The van der Waals surface area contributed by atoms with Gasteiger partial charge in [-0.15, -0.1) is 0 Å². The van der Waals surface area contributed by atoms with Gasteiger partial charge in [0.25, 0.3) is 5.56 Å². The summed E-state index contributed by atoms with van der Waals surface area (Å²) in [5, 5.41) is 7.37. The van der Waals surface area contributed by atoms with E-state index in [1.54, 1.807) is 13.0 Å². The summed E-state index contributed by atoms with van der Waals surface area (Å²) in [6.45, 7) is 9.72. The lowest BCUT2D eigenvalue weighted by molar-refractivity contribution is -0.119. The van der Waals surface area contributed by atoms with Crippen LogP contribution in [0.4, 0.5) is 5.69 Å². The van der Waals surface area contributed by atoms with Crippen molar-refractivity contribution in [1.82, 2.24) is 9.78 Å². The molecule has 0 aliphatic carbocycles. The lowest BCUT2D eigenvalue weighted by Crippen LogP contribution is -2.33. The number of benzene rings is 2. The number of nitrogens with zero attached hydrogens (tertiary/aromatic N) is 2. The van der Waals surface area contributed by atoms with Crippen molar-refractivity contribution in [2.45, 2.75) is 40.7 Å². The number of anilines is 1. The highest BCUT2D eigenvalue weighted by Gasteiger charge is 2.19. The molecule has 0 bridgehead atoms. The van der Waals surface area contributed by atoms with Crippen LogP contribution in [0.3, 0.4) is 0 Å². The van der Waals surface area contributed by atoms with E-state index < -0.39 is 6.04 Å². The van der Waals surface area contributed by atoms with Gasteiger partial charge in [0.15, 0.2) is 0 Å². The Labute approximate surface area is 165 Å². The van der Waals surface area contributed by atoms with Crippen LogP contribution < -0.4 is 10.9 Å². The maximum absolute atomic E-state index is 12.8. The molecular formula is C23H25N3O2. The molecule has 3 rings (SSSR count). The van der Waals surface area contributed by atoms with E-state index in [1.165, 1.54) is 16.3 Å². The van der Waals surface area contributed by atoms with E-state index in [-0.39, 0.29) is 11.5 Å². The van der Waals surface area contributed by atoms with Crippen molar-refractivity contribution in [1.29, 1.82) is 0 Å². The lowest BCUT2D eigenvalue weighted by atomic mass is 10.0. The van der Waals surface area contributed by atoms with Crippen molar-refractivity contribution < 1.29 is 4.79 Å². The average Bonchev–Trinajstić information content (AvgIpc) is 2.67. The van der Waals surface area contributed by atoms with E-state index in [1.807, 2.05) is 64.1 Å². The van der Waals surface area contributed by atoms with E-state index >= 15 is 0 Å². The summed E-state index contributed by atoms with van der Waals surface area (Å²) >= 11 is 0. The van der Waals surface area contributed by atoms with E-state index in [0.717, 1.165) is 27.9 Å². The van der Waals surface area contributed by atoms with Crippen LogP contribution in [0.5, 0.6) is 0 Å². The molecule has 0 fully saturated rings. The molecule has 28 heavy (non-hydrogen) atoms. The molecule has 1 unspecified atom stereocenters. The number of hydrogen-bond donors (Lipinski definition) is 1. The van der Waals surface area contributed by atoms with Crippen molar-refractivity contribution in [3.05, 3.63) is 81.1 Å². The number of nitrogens with one attached hydrogen (secondary N) is 1. The molecule has 144 valence electrons. The third kappa shape index (κ3) is 3.88. The number of hydrogen-bond acceptors (Lipinski definition) is 3. The minimum atomic E-state index is -0.737. The zero-order valence-electron chi connectivity index (χ0n) is 16.9. The Kier molecular flexibility index (Phi) is 5.45. The molecular weight excluding hydrogens is 350 g/mol. The summed E-state index contributed by atoms with van der Waals surface area (Å²) in [5.41, 5.74) is 6.46. The van der Waals surface area contributed by atoms with Gasteiger partial charge >= 0.3 is 0 Å². The van der Waals surface area contributed by atoms with Crippen LogP contribution in [0, 0.1) is 27.7 Å². The zero-order chi connectivity index (χ0) is 20.4. The predicted octanol–water partition coefficient (Wildman–Crippen LogP) is 4.34. The maximum Gasteiger partial charge on any atom is 0.267 e.